The maximum atomic E-state index is 4.40. The molecule has 0 N–H and O–H groups in total. The van der Waals surface area contributed by atoms with Crippen molar-refractivity contribution in [3.8, 4) is 39.1 Å². The molecular formula is C72H54N2. The predicted octanol–water partition coefficient (Wildman–Crippen LogP) is 19.9. The lowest BCUT2D eigenvalue weighted by atomic mass is 9.79. The Hall–Kier alpha value is -9.24. The zero-order valence-corrected chi connectivity index (χ0v) is 41.9. The van der Waals surface area contributed by atoms with Crippen LogP contribution in [0.1, 0.15) is 37.5 Å². The van der Waals surface area contributed by atoms with Crippen LogP contribution >= 0.6 is 0 Å². The lowest BCUT2D eigenvalue weighted by Gasteiger charge is -2.29. The summed E-state index contributed by atoms with van der Waals surface area (Å²) in [6.45, 7) is 11.4. The number of allylic oxidation sites excluding steroid dienone is 5. The van der Waals surface area contributed by atoms with Crippen molar-refractivity contribution in [1.29, 1.82) is 0 Å². The van der Waals surface area contributed by atoms with Gasteiger partial charge in [-0.2, -0.15) is 0 Å². The first-order chi connectivity index (χ1) is 36.3. The number of aromatic nitrogens is 1. The molecule has 0 amide bonds. The van der Waals surface area contributed by atoms with Gasteiger partial charge in [0.15, 0.2) is 0 Å². The van der Waals surface area contributed by atoms with Crippen molar-refractivity contribution in [2.75, 3.05) is 4.90 Å². The fourth-order valence-corrected chi connectivity index (χ4v) is 11.8. The van der Waals surface area contributed by atoms with E-state index in [9.17, 15) is 0 Å². The van der Waals surface area contributed by atoms with Gasteiger partial charge in [-0.25, -0.2) is 0 Å². The van der Waals surface area contributed by atoms with Gasteiger partial charge in [-0.1, -0.05) is 208 Å². The molecule has 0 fully saturated rings. The molecule has 0 spiro atoms. The summed E-state index contributed by atoms with van der Waals surface area (Å²) in [5.74, 6) is 0. The SMILES string of the molecule is C=C/C(=C\C1=C(C)c2ccc(N(c3ccc(-c4ccc(-c5ccccc5)cc4)cc3)c3ccc(-c4ccc5c(c4)c4ccccc4n5-c4ccccc4)cc3)cc2C1(C)C)c1cccc2ccc3ccccc3c12. The molecular weight excluding hydrogens is 893 g/mol. The van der Waals surface area contributed by atoms with E-state index in [0.29, 0.717) is 0 Å². The first kappa shape index (κ1) is 44.7. The van der Waals surface area contributed by atoms with E-state index < -0.39 is 0 Å². The Balaban J connectivity index is 0.886. The highest BCUT2D eigenvalue weighted by atomic mass is 15.1. The summed E-state index contributed by atoms with van der Waals surface area (Å²) in [6, 6.07) is 90.9. The summed E-state index contributed by atoms with van der Waals surface area (Å²) in [5.41, 5.74) is 21.3. The van der Waals surface area contributed by atoms with Gasteiger partial charge in [0.05, 0.1) is 11.0 Å². The first-order valence-corrected chi connectivity index (χ1v) is 25.7. The van der Waals surface area contributed by atoms with E-state index in [0.717, 1.165) is 28.3 Å². The Morgan fingerprint density at radius 3 is 1.66 bits per heavy atom. The lowest BCUT2D eigenvalue weighted by molar-refractivity contribution is 0.654. The highest BCUT2D eigenvalue weighted by molar-refractivity contribution is 6.13. The van der Waals surface area contributed by atoms with Crippen LogP contribution in [0.4, 0.5) is 17.1 Å². The average Bonchev–Trinajstić information content (AvgIpc) is 3.89. The van der Waals surface area contributed by atoms with E-state index in [2.05, 4.69) is 292 Å². The van der Waals surface area contributed by atoms with Crippen molar-refractivity contribution in [3.05, 3.63) is 290 Å². The number of para-hydroxylation sites is 2. The Morgan fingerprint density at radius 1 is 0.446 bits per heavy atom. The van der Waals surface area contributed by atoms with Gasteiger partial charge in [-0.05, 0) is 168 Å². The van der Waals surface area contributed by atoms with Gasteiger partial charge >= 0.3 is 0 Å². The van der Waals surface area contributed by atoms with Gasteiger partial charge in [-0.15, -0.1) is 0 Å². The van der Waals surface area contributed by atoms with E-state index >= 15 is 0 Å². The summed E-state index contributed by atoms with van der Waals surface area (Å²) in [4.78, 5) is 2.42. The number of anilines is 3. The molecule has 0 radical (unpaired) electrons. The molecule has 2 heteroatoms. The normalized spacial score (nSPS) is 13.3. The number of benzene rings is 11. The van der Waals surface area contributed by atoms with Crippen molar-refractivity contribution in [2.45, 2.75) is 26.2 Å². The number of hydrogen-bond acceptors (Lipinski definition) is 1. The molecule has 11 aromatic carbocycles. The number of hydrogen-bond donors (Lipinski definition) is 0. The minimum atomic E-state index is -0.288. The first-order valence-electron chi connectivity index (χ1n) is 25.7. The predicted molar refractivity (Wildman–Crippen MR) is 317 cm³/mol. The Bertz CT molecular complexity index is 4190. The maximum absolute atomic E-state index is 4.40. The molecule has 352 valence electrons. The minimum Gasteiger partial charge on any atom is -0.310 e. The largest absolute Gasteiger partial charge is 0.310 e. The van der Waals surface area contributed by atoms with Crippen LogP contribution < -0.4 is 4.90 Å². The topological polar surface area (TPSA) is 8.17 Å². The average molecular weight is 947 g/mol. The Labute approximate surface area is 433 Å². The van der Waals surface area contributed by atoms with Crippen molar-refractivity contribution >= 4 is 71.6 Å². The second kappa shape index (κ2) is 18.1. The van der Waals surface area contributed by atoms with Crippen molar-refractivity contribution in [1.82, 2.24) is 4.57 Å². The monoisotopic (exact) mass is 946 g/mol. The van der Waals surface area contributed by atoms with Gasteiger partial charge in [0.25, 0.3) is 0 Å². The zero-order valence-electron chi connectivity index (χ0n) is 41.9. The molecule has 1 heterocycles. The van der Waals surface area contributed by atoms with Crippen LogP contribution in [0.25, 0.3) is 93.6 Å². The second-order valence-corrected chi connectivity index (χ2v) is 20.2. The van der Waals surface area contributed by atoms with Crippen LogP contribution in [0.3, 0.4) is 0 Å². The van der Waals surface area contributed by atoms with E-state index in [1.54, 1.807) is 0 Å². The number of nitrogens with zero attached hydrogens (tertiary/aromatic N) is 2. The Morgan fingerprint density at radius 2 is 0.973 bits per heavy atom. The second-order valence-electron chi connectivity index (χ2n) is 20.2. The lowest BCUT2D eigenvalue weighted by Crippen LogP contribution is -2.18. The molecule has 13 rings (SSSR count). The van der Waals surface area contributed by atoms with E-state index in [1.165, 1.54) is 105 Å². The van der Waals surface area contributed by atoms with Gasteiger partial charge < -0.3 is 9.47 Å². The molecule has 0 saturated heterocycles. The third-order valence-corrected chi connectivity index (χ3v) is 15.6. The Kier molecular flexibility index (Phi) is 10.9. The quantitative estimate of drug-likeness (QED) is 0.0980. The van der Waals surface area contributed by atoms with Crippen molar-refractivity contribution < 1.29 is 0 Å². The molecule has 12 aromatic rings. The van der Waals surface area contributed by atoms with Crippen LogP contribution in [-0.4, -0.2) is 4.57 Å². The summed E-state index contributed by atoms with van der Waals surface area (Å²) >= 11 is 0. The highest BCUT2D eigenvalue weighted by Gasteiger charge is 2.36. The number of fused-ring (bicyclic) bond motifs is 7. The van der Waals surface area contributed by atoms with Gasteiger partial charge in [-0.3, -0.25) is 0 Å². The highest BCUT2D eigenvalue weighted by Crippen LogP contribution is 2.50. The van der Waals surface area contributed by atoms with E-state index in [4.69, 9.17) is 0 Å². The zero-order chi connectivity index (χ0) is 49.9. The molecule has 0 unspecified atom stereocenters. The fraction of sp³-hybridized carbons (Fsp3) is 0.0556. The van der Waals surface area contributed by atoms with Crippen LogP contribution in [0.15, 0.2) is 273 Å². The van der Waals surface area contributed by atoms with Gasteiger partial charge in [0.2, 0.25) is 0 Å². The van der Waals surface area contributed by atoms with Crippen LogP contribution in [-0.2, 0) is 5.41 Å². The third-order valence-electron chi connectivity index (χ3n) is 15.6. The summed E-state index contributed by atoms with van der Waals surface area (Å²) < 4.78 is 2.37. The fourth-order valence-electron chi connectivity index (χ4n) is 11.8. The molecule has 1 aliphatic carbocycles. The van der Waals surface area contributed by atoms with E-state index in [-0.39, 0.29) is 5.41 Å². The molecule has 1 aromatic heterocycles. The summed E-state index contributed by atoms with van der Waals surface area (Å²) in [7, 11) is 0. The van der Waals surface area contributed by atoms with Gasteiger partial charge in [0, 0.05) is 38.9 Å². The standard InChI is InChI=1S/C72H54N2/c1-5-49(63-25-16-20-56-32-31-55-19-12-13-23-64(55)71(56)63)46-67-48(2)62-43-42-61(47-68(62)72(67,3)4)73(59-38-33-53(34-39-59)52-29-27-51(28-30-52)50-17-8-6-9-18-50)60-40-35-54(36-41-60)57-37-44-70-66(45-57)65-24-14-15-26-69(65)74(70)58-21-10-7-11-22-58/h5-47H,1H2,2-4H3/b49-46+. The van der Waals surface area contributed by atoms with Crippen LogP contribution in [0.2, 0.25) is 0 Å². The molecule has 2 nitrogen and oxygen atoms in total. The molecule has 0 aliphatic heterocycles. The van der Waals surface area contributed by atoms with Crippen LogP contribution in [0, 0.1) is 0 Å². The molecule has 74 heavy (non-hydrogen) atoms. The van der Waals surface area contributed by atoms with Crippen LogP contribution in [0.5, 0.6) is 0 Å². The molecule has 0 atom stereocenters. The van der Waals surface area contributed by atoms with Gasteiger partial charge in [0.1, 0.15) is 0 Å². The minimum absolute atomic E-state index is 0.288. The molecule has 0 saturated carbocycles. The number of rotatable bonds is 10. The summed E-state index contributed by atoms with van der Waals surface area (Å²) in [5, 5.41) is 7.48. The third kappa shape index (κ3) is 7.58. The van der Waals surface area contributed by atoms with Crippen molar-refractivity contribution in [3.63, 3.8) is 0 Å². The van der Waals surface area contributed by atoms with E-state index in [1.807, 2.05) is 6.08 Å². The molecule has 1 aliphatic rings. The maximum Gasteiger partial charge on any atom is 0.0541 e. The van der Waals surface area contributed by atoms with Crippen molar-refractivity contribution in [2.24, 2.45) is 0 Å². The summed E-state index contributed by atoms with van der Waals surface area (Å²) in [6.07, 6.45) is 4.44. The molecule has 0 bridgehead atoms. The smallest absolute Gasteiger partial charge is 0.0541 e.